The Balaban J connectivity index is 1.65. The number of aromatic nitrogens is 1. The minimum absolute atomic E-state index is 0.237. The maximum Gasteiger partial charge on any atom is 0.338 e. The van der Waals surface area contributed by atoms with Crippen molar-refractivity contribution in [3.63, 3.8) is 0 Å². The van der Waals surface area contributed by atoms with E-state index >= 15 is 0 Å². The molecule has 1 aromatic heterocycles. The first-order valence-corrected chi connectivity index (χ1v) is 10.5. The van der Waals surface area contributed by atoms with Crippen LogP contribution in [0.4, 0.5) is 0 Å². The molecular weight excluding hydrogens is 428 g/mol. The molecule has 1 heterocycles. The number of benzene rings is 2. The number of esters is 1. The standard InChI is InChI=1S/C23H22N4O4S/c1-29-20-12-17(14-26-27-23(24)32-15-16-6-4-3-5-7-16)8-9-19(20)31-21-13-18(10-11-25-21)22(28)30-2/h3-14H,15H2,1-2H3,(H2,24,27). The van der Waals surface area contributed by atoms with Crippen LogP contribution in [0.2, 0.25) is 0 Å². The highest BCUT2D eigenvalue weighted by molar-refractivity contribution is 8.13. The highest BCUT2D eigenvalue weighted by atomic mass is 32.2. The first kappa shape index (κ1) is 22.8. The minimum Gasteiger partial charge on any atom is -0.493 e. The fourth-order valence-corrected chi connectivity index (χ4v) is 3.20. The number of amidine groups is 1. The van der Waals surface area contributed by atoms with E-state index in [1.165, 1.54) is 38.2 Å². The Labute approximate surface area is 190 Å². The molecule has 0 aliphatic rings. The lowest BCUT2D eigenvalue weighted by Crippen LogP contribution is -2.06. The maximum atomic E-state index is 11.7. The quantitative estimate of drug-likeness (QED) is 0.236. The molecule has 0 saturated carbocycles. The van der Waals surface area contributed by atoms with E-state index in [-0.39, 0.29) is 5.88 Å². The molecule has 164 valence electrons. The number of pyridine rings is 1. The van der Waals surface area contributed by atoms with Gasteiger partial charge in [-0.2, -0.15) is 5.10 Å². The van der Waals surface area contributed by atoms with E-state index in [0.29, 0.717) is 22.2 Å². The van der Waals surface area contributed by atoms with Crippen LogP contribution >= 0.6 is 11.8 Å². The summed E-state index contributed by atoms with van der Waals surface area (Å²) in [6.07, 6.45) is 3.03. The average molecular weight is 451 g/mol. The molecule has 32 heavy (non-hydrogen) atoms. The van der Waals surface area contributed by atoms with Crippen LogP contribution in [0.5, 0.6) is 17.4 Å². The summed E-state index contributed by atoms with van der Waals surface area (Å²) in [5, 5.41) is 8.42. The van der Waals surface area contributed by atoms with Crippen molar-refractivity contribution in [2.75, 3.05) is 14.2 Å². The third kappa shape index (κ3) is 6.58. The van der Waals surface area contributed by atoms with Crippen LogP contribution in [0.1, 0.15) is 21.5 Å². The molecule has 0 saturated heterocycles. The molecule has 3 rings (SSSR count). The fourth-order valence-electron chi connectivity index (χ4n) is 2.58. The molecule has 0 aliphatic heterocycles. The second kappa shape index (κ2) is 11.5. The predicted octanol–water partition coefficient (Wildman–Crippen LogP) is 4.25. The molecule has 0 spiro atoms. The van der Waals surface area contributed by atoms with Crippen LogP contribution in [-0.4, -0.2) is 36.6 Å². The average Bonchev–Trinajstić information content (AvgIpc) is 2.84. The van der Waals surface area contributed by atoms with E-state index in [4.69, 9.17) is 19.9 Å². The summed E-state index contributed by atoms with van der Waals surface area (Å²) in [5.41, 5.74) is 8.15. The summed E-state index contributed by atoms with van der Waals surface area (Å²) < 4.78 is 15.9. The molecule has 0 bridgehead atoms. The van der Waals surface area contributed by atoms with E-state index in [0.717, 1.165) is 16.9 Å². The highest BCUT2D eigenvalue weighted by Crippen LogP contribution is 2.31. The van der Waals surface area contributed by atoms with Crippen molar-refractivity contribution in [3.8, 4) is 17.4 Å². The van der Waals surface area contributed by atoms with Crippen LogP contribution in [-0.2, 0) is 10.5 Å². The molecule has 3 aromatic rings. The van der Waals surface area contributed by atoms with E-state index in [1.807, 2.05) is 30.3 Å². The SMILES string of the molecule is COC(=O)c1ccnc(Oc2ccc(C=NN=C(N)SCc3ccccc3)cc2OC)c1. The zero-order chi connectivity index (χ0) is 22.8. The van der Waals surface area contributed by atoms with E-state index in [2.05, 4.69) is 15.2 Å². The molecule has 0 fully saturated rings. The van der Waals surface area contributed by atoms with E-state index in [9.17, 15) is 4.79 Å². The Kier molecular flexibility index (Phi) is 8.22. The third-order valence-corrected chi connectivity index (χ3v) is 5.01. The third-order valence-electron chi connectivity index (χ3n) is 4.15. The Morgan fingerprint density at radius 2 is 1.91 bits per heavy atom. The Hall–Kier alpha value is -3.85. The summed E-state index contributed by atoms with van der Waals surface area (Å²) in [6.45, 7) is 0. The Morgan fingerprint density at radius 3 is 2.66 bits per heavy atom. The van der Waals surface area contributed by atoms with Crippen molar-refractivity contribution < 1.29 is 19.0 Å². The second-order valence-electron chi connectivity index (χ2n) is 6.34. The van der Waals surface area contributed by atoms with Crippen molar-refractivity contribution >= 4 is 29.1 Å². The number of nitrogens with zero attached hydrogens (tertiary/aromatic N) is 3. The van der Waals surface area contributed by atoms with Crippen molar-refractivity contribution in [2.45, 2.75) is 5.75 Å². The first-order valence-electron chi connectivity index (χ1n) is 9.52. The smallest absolute Gasteiger partial charge is 0.338 e. The first-order chi connectivity index (χ1) is 15.6. The largest absolute Gasteiger partial charge is 0.493 e. The summed E-state index contributed by atoms with van der Waals surface area (Å²) in [7, 11) is 2.84. The van der Waals surface area contributed by atoms with Crippen LogP contribution in [0.15, 0.2) is 77.1 Å². The van der Waals surface area contributed by atoms with Crippen LogP contribution in [0.25, 0.3) is 0 Å². The normalized spacial score (nSPS) is 11.4. The van der Waals surface area contributed by atoms with Crippen LogP contribution in [0.3, 0.4) is 0 Å². The topological polar surface area (TPSA) is 108 Å². The molecule has 9 heteroatoms. The molecule has 2 N–H and O–H groups in total. The van der Waals surface area contributed by atoms with Crippen molar-refractivity contribution in [1.82, 2.24) is 4.98 Å². The molecule has 8 nitrogen and oxygen atoms in total. The molecule has 0 atom stereocenters. The molecular formula is C23H22N4O4S. The number of hydrogen-bond donors (Lipinski definition) is 1. The van der Waals surface area contributed by atoms with Gasteiger partial charge in [-0.05, 0) is 35.4 Å². The van der Waals surface area contributed by atoms with Gasteiger partial charge in [-0.15, -0.1) is 5.10 Å². The number of thioether (sulfide) groups is 1. The summed E-state index contributed by atoms with van der Waals surface area (Å²) in [6, 6.07) is 18.3. The zero-order valence-electron chi connectivity index (χ0n) is 17.6. The summed E-state index contributed by atoms with van der Waals surface area (Å²) in [5.74, 6) is 1.38. The second-order valence-corrected chi connectivity index (χ2v) is 7.34. The van der Waals surface area contributed by atoms with Crippen molar-refractivity contribution in [1.29, 1.82) is 0 Å². The fraction of sp³-hybridized carbons (Fsp3) is 0.130. The number of carbonyl (C=O) groups is 1. The van der Waals surface area contributed by atoms with Crippen LogP contribution < -0.4 is 15.2 Å². The van der Waals surface area contributed by atoms with Gasteiger partial charge in [-0.1, -0.05) is 42.1 Å². The molecule has 0 unspecified atom stereocenters. The Morgan fingerprint density at radius 1 is 1.09 bits per heavy atom. The number of nitrogens with two attached hydrogens (primary N) is 1. The lowest BCUT2D eigenvalue weighted by atomic mass is 10.2. The number of carbonyl (C=O) groups excluding carboxylic acids is 1. The van der Waals surface area contributed by atoms with Gasteiger partial charge in [0.05, 0.1) is 26.0 Å². The zero-order valence-corrected chi connectivity index (χ0v) is 18.4. The van der Waals surface area contributed by atoms with Crippen LogP contribution in [0, 0.1) is 0 Å². The monoisotopic (exact) mass is 450 g/mol. The number of rotatable bonds is 8. The molecule has 0 radical (unpaired) electrons. The molecule has 0 aliphatic carbocycles. The van der Waals surface area contributed by atoms with Gasteiger partial charge >= 0.3 is 5.97 Å². The van der Waals surface area contributed by atoms with E-state index < -0.39 is 5.97 Å². The maximum absolute atomic E-state index is 11.7. The van der Waals surface area contributed by atoms with Gasteiger partial charge in [0.15, 0.2) is 16.7 Å². The van der Waals surface area contributed by atoms with Gasteiger partial charge in [-0.3, -0.25) is 0 Å². The van der Waals surface area contributed by atoms with E-state index in [1.54, 1.807) is 30.5 Å². The van der Waals surface area contributed by atoms with Gasteiger partial charge < -0.3 is 19.9 Å². The minimum atomic E-state index is -0.475. The van der Waals surface area contributed by atoms with Gasteiger partial charge in [0.25, 0.3) is 0 Å². The Bertz CT molecular complexity index is 1120. The number of ether oxygens (including phenoxy) is 3. The summed E-state index contributed by atoms with van der Waals surface area (Å²) >= 11 is 1.41. The lowest BCUT2D eigenvalue weighted by molar-refractivity contribution is 0.0600. The highest BCUT2D eigenvalue weighted by Gasteiger charge is 2.11. The van der Waals surface area contributed by atoms with Crippen molar-refractivity contribution in [2.24, 2.45) is 15.9 Å². The molecule has 2 aromatic carbocycles. The lowest BCUT2D eigenvalue weighted by Gasteiger charge is -2.10. The van der Waals surface area contributed by atoms with Gasteiger partial charge in [0, 0.05) is 18.0 Å². The van der Waals surface area contributed by atoms with Crippen molar-refractivity contribution in [3.05, 3.63) is 83.6 Å². The van der Waals surface area contributed by atoms with Gasteiger partial charge in [0.2, 0.25) is 5.88 Å². The van der Waals surface area contributed by atoms with Gasteiger partial charge in [-0.25, -0.2) is 9.78 Å². The summed E-state index contributed by atoms with van der Waals surface area (Å²) in [4.78, 5) is 15.8. The number of hydrogen-bond acceptors (Lipinski definition) is 8. The number of methoxy groups -OCH3 is 2. The van der Waals surface area contributed by atoms with Gasteiger partial charge in [0.1, 0.15) is 0 Å². The predicted molar refractivity (Wildman–Crippen MR) is 126 cm³/mol. The molecule has 0 amide bonds.